The summed E-state index contributed by atoms with van der Waals surface area (Å²) in [6.07, 6.45) is 5.81. The van der Waals surface area contributed by atoms with Gasteiger partial charge in [0.2, 0.25) is 0 Å². The summed E-state index contributed by atoms with van der Waals surface area (Å²) < 4.78 is 7.53. The number of nitrogens with zero attached hydrogens (tertiary/aromatic N) is 3. The highest BCUT2D eigenvalue weighted by Crippen LogP contribution is 2.32. The van der Waals surface area contributed by atoms with E-state index in [9.17, 15) is 10.1 Å². The number of hydrogen-bond acceptors (Lipinski definition) is 4. The summed E-state index contributed by atoms with van der Waals surface area (Å²) in [4.78, 5) is 17.2. The second-order valence-corrected chi connectivity index (χ2v) is 8.14. The molecule has 2 aromatic heterocycles. The van der Waals surface area contributed by atoms with Gasteiger partial charge in [-0.2, -0.15) is 5.26 Å². The standard InChI is InChI=1S/C23H24N4O2/c1-14-9-15(10-19(29-4)21(14)22(28)26-17-5-6-17)18-12-25-20-11-16(7-8-27(18)20)23(2,3)13-24/h7-12,17H,5-6H2,1-4H3,(H,26,28). The highest BCUT2D eigenvalue weighted by Gasteiger charge is 2.27. The second kappa shape index (κ2) is 6.93. The van der Waals surface area contributed by atoms with Gasteiger partial charge in [-0.15, -0.1) is 0 Å². The molecule has 1 saturated carbocycles. The van der Waals surface area contributed by atoms with Gasteiger partial charge in [0, 0.05) is 17.8 Å². The van der Waals surface area contributed by atoms with Crippen molar-refractivity contribution < 1.29 is 9.53 Å². The number of hydrogen-bond donors (Lipinski definition) is 1. The van der Waals surface area contributed by atoms with Crippen LogP contribution in [0.25, 0.3) is 16.9 Å². The predicted molar refractivity (Wildman–Crippen MR) is 111 cm³/mol. The Bertz CT molecular complexity index is 1150. The molecule has 1 aliphatic rings. The third-order valence-electron chi connectivity index (χ3n) is 5.47. The molecule has 29 heavy (non-hydrogen) atoms. The van der Waals surface area contributed by atoms with Crippen LogP contribution in [0.3, 0.4) is 0 Å². The number of imidazole rings is 1. The molecule has 0 radical (unpaired) electrons. The Morgan fingerprint density at radius 1 is 1.34 bits per heavy atom. The lowest BCUT2D eigenvalue weighted by atomic mass is 9.87. The maximum absolute atomic E-state index is 12.6. The number of carbonyl (C=O) groups excluding carboxylic acids is 1. The molecule has 0 atom stereocenters. The van der Waals surface area contributed by atoms with Gasteiger partial charge in [-0.25, -0.2) is 4.98 Å². The zero-order chi connectivity index (χ0) is 20.8. The largest absolute Gasteiger partial charge is 0.496 e. The van der Waals surface area contributed by atoms with E-state index in [2.05, 4.69) is 16.4 Å². The molecule has 3 aromatic rings. The summed E-state index contributed by atoms with van der Waals surface area (Å²) in [5, 5.41) is 12.4. The third-order valence-corrected chi connectivity index (χ3v) is 5.47. The number of benzene rings is 1. The highest BCUT2D eigenvalue weighted by atomic mass is 16.5. The molecule has 4 rings (SSSR count). The maximum Gasteiger partial charge on any atom is 0.255 e. The first kappa shape index (κ1) is 19.0. The zero-order valence-electron chi connectivity index (χ0n) is 17.1. The molecule has 0 aliphatic heterocycles. The molecule has 1 fully saturated rings. The molecule has 0 saturated heterocycles. The van der Waals surface area contributed by atoms with E-state index in [-0.39, 0.29) is 11.9 Å². The van der Waals surface area contributed by atoms with Crippen LogP contribution in [0, 0.1) is 18.3 Å². The molecule has 1 aliphatic carbocycles. The summed E-state index contributed by atoms with van der Waals surface area (Å²) >= 11 is 0. The Balaban J connectivity index is 1.76. The fourth-order valence-electron chi connectivity index (χ4n) is 3.49. The van der Waals surface area contributed by atoms with Crippen LogP contribution in [0.4, 0.5) is 0 Å². The normalized spacial score (nSPS) is 13.9. The van der Waals surface area contributed by atoms with Crippen molar-refractivity contribution in [2.45, 2.75) is 45.1 Å². The lowest BCUT2D eigenvalue weighted by molar-refractivity contribution is 0.0947. The van der Waals surface area contributed by atoms with Gasteiger partial charge in [0.15, 0.2) is 0 Å². The van der Waals surface area contributed by atoms with Crippen molar-refractivity contribution in [2.75, 3.05) is 7.11 Å². The molecule has 148 valence electrons. The quantitative estimate of drug-likeness (QED) is 0.716. The highest BCUT2D eigenvalue weighted by molar-refractivity contribution is 5.99. The van der Waals surface area contributed by atoms with E-state index in [1.807, 2.05) is 55.6 Å². The van der Waals surface area contributed by atoms with Crippen molar-refractivity contribution in [3.63, 3.8) is 0 Å². The SMILES string of the molecule is COc1cc(-c2cnc3cc(C(C)(C)C#N)ccn23)cc(C)c1C(=O)NC1CC1. The molecule has 2 heterocycles. The van der Waals surface area contributed by atoms with E-state index in [1.54, 1.807) is 13.3 Å². The van der Waals surface area contributed by atoms with Crippen LogP contribution in [0.15, 0.2) is 36.7 Å². The van der Waals surface area contributed by atoms with Crippen LogP contribution >= 0.6 is 0 Å². The van der Waals surface area contributed by atoms with Gasteiger partial charge >= 0.3 is 0 Å². The molecule has 1 aromatic carbocycles. The molecular formula is C23H24N4O2. The Morgan fingerprint density at radius 3 is 2.76 bits per heavy atom. The summed E-state index contributed by atoms with van der Waals surface area (Å²) in [5.41, 5.74) is 4.37. The van der Waals surface area contributed by atoms with Gasteiger partial charge in [-0.3, -0.25) is 9.20 Å². The minimum atomic E-state index is -0.579. The van der Waals surface area contributed by atoms with Gasteiger partial charge in [0.25, 0.3) is 5.91 Å². The maximum atomic E-state index is 12.6. The molecular weight excluding hydrogens is 364 g/mol. The Labute approximate surface area is 170 Å². The van der Waals surface area contributed by atoms with E-state index < -0.39 is 5.41 Å². The number of ether oxygens (including phenoxy) is 1. The minimum Gasteiger partial charge on any atom is -0.496 e. The summed E-state index contributed by atoms with van der Waals surface area (Å²) in [5.74, 6) is 0.463. The van der Waals surface area contributed by atoms with E-state index in [1.165, 1.54) is 0 Å². The number of pyridine rings is 1. The van der Waals surface area contributed by atoms with E-state index in [0.717, 1.165) is 40.9 Å². The first-order valence-corrected chi connectivity index (χ1v) is 9.73. The monoisotopic (exact) mass is 388 g/mol. The average Bonchev–Trinajstić information content (AvgIpc) is 3.41. The minimum absolute atomic E-state index is 0.0880. The van der Waals surface area contributed by atoms with Crippen LogP contribution in [-0.2, 0) is 5.41 Å². The van der Waals surface area contributed by atoms with Crippen LogP contribution < -0.4 is 10.1 Å². The van der Waals surface area contributed by atoms with Crippen molar-refractivity contribution in [3.05, 3.63) is 53.3 Å². The van der Waals surface area contributed by atoms with Crippen molar-refractivity contribution in [1.29, 1.82) is 5.26 Å². The molecule has 0 unspecified atom stereocenters. The topological polar surface area (TPSA) is 79.4 Å². The number of rotatable bonds is 5. The number of aromatic nitrogens is 2. The average molecular weight is 388 g/mol. The van der Waals surface area contributed by atoms with Gasteiger partial charge in [0.1, 0.15) is 11.4 Å². The van der Waals surface area contributed by atoms with Crippen LogP contribution in [0.5, 0.6) is 5.75 Å². The van der Waals surface area contributed by atoms with E-state index in [0.29, 0.717) is 11.3 Å². The van der Waals surface area contributed by atoms with Gasteiger partial charge < -0.3 is 10.1 Å². The summed E-state index contributed by atoms with van der Waals surface area (Å²) in [6, 6.07) is 10.4. The summed E-state index contributed by atoms with van der Waals surface area (Å²) in [6.45, 7) is 5.70. The lowest BCUT2D eigenvalue weighted by Crippen LogP contribution is -2.26. The van der Waals surface area contributed by atoms with Crippen molar-refractivity contribution in [1.82, 2.24) is 14.7 Å². The first-order valence-electron chi connectivity index (χ1n) is 9.73. The van der Waals surface area contributed by atoms with E-state index >= 15 is 0 Å². The second-order valence-electron chi connectivity index (χ2n) is 8.14. The Morgan fingerprint density at radius 2 is 2.10 bits per heavy atom. The fourth-order valence-corrected chi connectivity index (χ4v) is 3.49. The van der Waals surface area contributed by atoms with Crippen molar-refractivity contribution in [3.8, 4) is 23.1 Å². The molecule has 1 amide bonds. The number of amides is 1. The summed E-state index contributed by atoms with van der Waals surface area (Å²) in [7, 11) is 1.58. The predicted octanol–water partition coefficient (Wildman–Crippen LogP) is 4.01. The zero-order valence-corrected chi connectivity index (χ0v) is 17.1. The van der Waals surface area contributed by atoms with Gasteiger partial charge in [-0.05, 0) is 69.0 Å². The smallest absolute Gasteiger partial charge is 0.255 e. The number of nitrogens with one attached hydrogen (secondary N) is 1. The first-order chi connectivity index (χ1) is 13.8. The van der Waals surface area contributed by atoms with E-state index in [4.69, 9.17) is 4.74 Å². The van der Waals surface area contributed by atoms with Crippen molar-refractivity contribution >= 4 is 11.6 Å². The van der Waals surface area contributed by atoms with Gasteiger partial charge in [-0.1, -0.05) is 0 Å². The third kappa shape index (κ3) is 3.44. The fraction of sp³-hybridized carbons (Fsp3) is 0.348. The molecule has 6 heteroatoms. The molecule has 0 spiro atoms. The number of carbonyl (C=O) groups is 1. The number of fused-ring (bicyclic) bond motifs is 1. The number of methoxy groups -OCH3 is 1. The Kier molecular flexibility index (Phi) is 4.54. The van der Waals surface area contributed by atoms with Gasteiger partial charge in [0.05, 0.1) is 36.0 Å². The number of aryl methyl sites for hydroxylation is 1. The molecule has 6 nitrogen and oxygen atoms in total. The lowest BCUT2D eigenvalue weighted by Gasteiger charge is -2.16. The number of nitriles is 1. The molecule has 1 N–H and O–H groups in total. The van der Waals surface area contributed by atoms with Crippen LogP contribution in [0.2, 0.25) is 0 Å². The molecule has 0 bridgehead atoms. The van der Waals surface area contributed by atoms with Crippen molar-refractivity contribution in [2.24, 2.45) is 0 Å². The van der Waals surface area contributed by atoms with Crippen LogP contribution in [0.1, 0.15) is 48.2 Å². The Hall–Kier alpha value is -3.33. The van der Waals surface area contributed by atoms with Crippen LogP contribution in [-0.4, -0.2) is 28.4 Å².